The molecule has 15 aromatic rings. The molecule has 1 aliphatic rings. The van der Waals surface area contributed by atoms with Crippen molar-refractivity contribution in [3.8, 4) is 79.4 Å². The molecule has 15 aromatic carbocycles. The van der Waals surface area contributed by atoms with E-state index in [0.717, 1.165) is 172 Å². The molecule has 0 fully saturated rings. The van der Waals surface area contributed by atoms with Crippen LogP contribution in [0.15, 0.2) is 255 Å². The van der Waals surface area contributed by atoms with Gasteiger partial charge in [0.05, 0.1) is 5.41 Å². The first kappa shape index (κ1) is 129. The molecule has 1 aliphatic carbocycles. The van der Waals surface area contributed by atoms with Gasteiger partial charge in [-0.3, -0.25) is 0 Å². The predicted octanol–water partition coefficient (Wildman–Crippen LogP) is 31.8. The van der Waals surface area contributed by atoms with Crippen molar-refractivity contribution in [1.82, 2.24) is 0 Å². The van der Waals surface area contributed by atoms with Crippen LogP contribution in [0.5, 0.6) is 46.0 Å². The molecule has 0 bridgehead atoms. The summed E-state index contributed by atoms with van der Waals surface area (Å²) in [6, 6.07) is 91.6. The zero-order valence-electron chi connectivity index (χ0n) is 87.7. The number of aromatic hydroxyl groups is 8. The predicted molar refractivity (Wildman–Crippen MR) is 576 cm³/mol. The maximum absolute atomic E-state index is 10.5. The van der Waals surface area contributed by atoms with Gasteiger partial charge in [0.1, 0.15) is 34.5 Å². The van der Waals surface area contributed by atoms with Crippen LogP contribution in [-0.2, 0) is 38.1 Å². The fourth-order valence-corrected chi connectivity index (χ4v) is 14.7. The average Bonchev–Trinajstić information content (AvgIpc) is 1.14. The van der Waals surface area contributed by atoms with Gasteiger partial charge in [-0.25, -0.2) is 0 Å². The number of hydrogen-bond acceptors (Lipinski definition) is 12. The van der Waals surface area contributed by atoms with Gasteiger partial charge in [0.15, 0.2) is 0 Å². The van der Waals surface area contributed by atoms with Crippen molar-refractivity contribution >= 4 is 32.3 Å². The molecule has 0 spiro atoms. The van der Waals surface area contributed by atoms with Crippen LogP contribution in [0, 0.1) is 123 Å². The van der Waals surface area contributed by atoms with Gasteiger partial charge in [0, 0.05) is 72.6 Å². The normalized spacial score (nSPS) is 9.73. The minimum Gasteiger partial charge on any atom is -0.533 e. The van der Waals surface area contributed by atoms with Crippen LogP contribution < -0.4 is 0 Å². The topological polar surface area (TPSA) is 243 Å². The second kappa shape index (κ2) is 70.2. The summed E-state index contributed by atoms with van der Waals surface area (Å²) in [5, 5.41) is 115. The number of phenolic OH excluding ortho intramolecular Hbond substituents is 8. The molecule has 16 rings (SSSR count). The van der Waals surface area contributed by atoms with Crippen LogP contribution in [0.1, 0.15) is 222 Å². The fraction of sp³-hybridized carbons (Fsp3) is 0.306. The molecule has 0 saturated heterocycles. The van der Waals surface area contributed by atoms with E-state index in [-0.39, 0.29) is 32.7 Å². The second-order valence-electron chi connectivity index (χ2n) is 28.7. The Morgan fingerprint density at radius 2 is 0.381 bits per heavy atom. The number of aliphatic hydroxyl groups excluding tert-OH is 4. The molecule has 1 radical (unpaired) electrons. The minimum absolute atomic E-state index is 0. The van der Waals surface area contributed by atoms with E-state index in [0.29, 0.717) is 46.0 Å². The Morgan fingerprint density at radius 3 is 0.612 bits per heavy atom. The maximum Gasteiger partial charge on any atom is 0.122 e. The molecule has 12 nitrogen and oxygen atoms in total. The average molecular weight is 1900 g/mol. The molecular formula is C121H162O12Y-2. The van der Waals surface area contributed by atoms with Crippen molar-refractivity contribution in [3.05, 3.63) is 378 Å². The SMILES string of the molecule is CC.CC.CC.CC.CC.CC.CC.CC.CO.CO.CO.CO.Cc1c[c-]cc(C)c1O.Cc1c[c-]cc(C)c1O.Cc1cc(-c2cc(C)c(O)c(C)c2)cc(C)c1O.Cc1cc(C2(c3cc(C)c(O)c(C)c3)c3ccccc3-c3ccccc32)cc(C)c1O.Cc1cc2cccc(-c3cccc4cc(C)c(O)c(C)c34)c2c(C)c1O.[Y].c1ccc2ccccc2c1.c1ccccc1. The molecule has 12 N–H and O–H groups in total. The first-order valence-corrected chi connectivity index (χ1v) is 46.5. The minimum atomic E-state index is -0.528. The van der Waals surface area contributed by atoms with Gasteiger partial charge in [-0.1, -0.05) is 333 Å². The summed E-state index contributed by atoms with van der Waals surface area (Å²) in [5.41, 5.74) is 24.9. The zero-order valence-corrected chi connectivity index (χ0v) is 90.5. The van der Waals surface area contributed by atoms with E-state index in [9.17, 15) is 40.9 Å². The number of benzene rings is 15. The van der Waals surface area contributed by atoms with Crippen molar-refractivity contribution < 1.29 is 94.0 Å². The van der Waals surface area contributed by atoms with Crippen LogP contribution in [0.2, 0.25) is 0 Å². The van der Waals surface area contributed by atoms with Gasteiger partial charge < -0.3 is 61.3 Å². The third-order valence-electron chi connectivity index (χ3n) is 20.6. The number of rotatable bonds is 4. The first-order chi connectivity index (χ1) is 64.0. The van der Waals surface area contributed by atoms with E-state index in [1.54, 1.807) is 24.3 Å². The third-order valence-corrected chi connectivity index (χ3v) is 20.6. The molecule has 0 heterocycles. The van der Waals surface area contributed by atoms with Crippen molar-refractivity contribution in [3.63, 3.8) is 0 Å². The molecule has 0 amide bonds. The molecule has 0 saturated carbocycles. The van der Waals surface area contributed by atoms with E-state index in [1.807, 2.05) is 294 Å². The largest absolute Gasteiger partial charge is 0.533 e. The summed E-state index contributed by atoms with van der Waals surface area (Å²) in [7, 11) is 4.00. The monoisotopic (exact) mass is 1900 g/mol. The Balaban J connectivity index is -0.000000743. The van der Waals surface area contributed by atoms with Gasteiger partial charge in [-0.15, -0.1) is 22.3 Å². The Morgan fingerprint density at radius 1 is 0.194 bits per heavy atom. The van der Waals surface area contributed by atoms with Crippen LogP contribution in [0.25, 0.3) is 65.7 Å². The number of aryl methyl sites for hydroxylation is 16. The summed E-state index contributed by atoms with van der Waals surface area (Å²) in [5.74, 6) is 2.86. The molecular weight excluding hydrogens is 1730 g/mol. The molecule has 134 heavy (non-hydrogen) atoms. The van der Waals surface area contributed by atoms with E-state index < -0.39 is 5.41 Å². The molecule has 0 unspecified atom stereocenters. The van der Waals surface area contributed by atoms with Crippen molar-refractivity contribution in [2.75, 3.05) is 28.4 Å². The van der Waals surface area contributed by atoms with E-state index in [4.69, 9.17) is 20.4 Å². The van der Waals surface area contributed by atoms with Crippen LogP contribution in [0.3, 0.4) is 0 Å². The Bertz CT molecular complexity index is 5300. The van der Waals surface area contributed by atoms with E-state index >= 15 is 0 Å². The van der Waals surface area contributed by atoms with Gasteiger partial charge in [0.2, 0.25) is 0 Å². The maximum atomic E-state index is 10.5. The molecule has 0 atom stereocenters. The van der Waals surface area contributed by atoms with Gasteiger partial charge in [-0.05, 0) is 274 Å². The number of phenols is 8. The smallest absolute Gasteiger partial charge is 0.122 e. The van der Waals surface area contributed by atoms with Crippen LogP contribution in [0.4, 0.5) is 0 Å². The summed E-state index contributed by atoms with van der Waals surface area (Å²) >= 11 is 0. The first-order valence-electron chi connectivity index (χ1n) is 46.5. The summed E-state index contributed by atoms with van der Waals surface area (Å²) in [4.78, 5) is 0. The Labute approximate surface area is 833 Å². The Kier molecular flexibility index (Phi) is 67.4. The molecule has 13 heteroatoms. The number of aliphatic hydroxyl groups is 4. The number of fused-ring (bicyclic) bond motifs is 6. The number of hydrogen-bond donors (Lipinski definition) is 12. The fourth-order valence-electron chi connectivity index (χ4n) is 14.7. The van der Waals surface area contributed by atoms with Gasteiger partial charge in [0.25, 0.3) is 0 Å². The van der Waals surface area contributed by atoms with Gasteiger partial charge in [-0.2, -0.15) is 36.4 Å². The van der Waals surface area contributed by atoms with Crippen molar-refractivity contribution in [2.45, 2.75) is 227 Å². The van der Waals surface area contributed by atoms with E-state index in [2.05, 4.69) is 170 Å². The Hall–Kier alpha value is -11.6. The summed E-state index contributed by atoms with van der Waals surface area (Å²) in [6.07, 6.45) is 0. The van der Waals surface area contributed by atoms with Crippen molar-refractivity contribution in [2.24, 2.45) is 0 Å². The molecule has 0 aliphatic heterocycles. The third kappa shape index (κ3) is 34.7. The summed E-state index contributed by atoms with van der Waals surface area (Å²) < 4.78 is 0. The van der Waals surface area contributed by atoms with Crippen LogP contribution >= 0.6 is 0 Å². The van der Waals surface area contributed by atoms with Crippen molar-refractivity contribution in [1.29, 1.82) is 0 Å². The summed E-state index contributed by atoms with van der Waals surface area (Å²) in [6.45, 7) is 62.6. The van der Waals surface area contributed by atoms with E-state index in [1.165, 1.54) is 33.0 Å². The molecule has 0 aromatic heterocycles. The van der Waals surface area contributed by atoms with Crippen LogP contribution in [-0.4, -0.2) is 89.7 Å². The van der Waals surface area contributed by atoms with Gasteiger partial charge >= 0.3 is 0 Å². The molecule has 723 valence electrons. The second-order valence-corrected chi connectivity index (χ2v) is 28.7. The standard InChI is InChI=1S/C29H26O2.C24H22O2.C16H18O2.C10H8.2C8H9O.C6H6.8C2H6.4CH4O.Y/c1-17-13-21(14-18(2)27(17)30)29(22-15-19(3)28(31)20(4)16-22)25-11-7-5-9-23(25)24-10-6-8-12-26(24)29;1-13-11-17-7-5-9-19(21(17)15(3)23(13)25)20-10-6-8-18-12-14(2)24(26)16(4)22(18)20;1-9-5-13(6-10(2)15(9)17)14-7-11(3)16(18)12(4)8-14;1-2-6-10-8-4-3-7-9(10)5-1;2*1-6-4-3-5-7(2)8(6)9;1-2-4-6-5-3-1;12*1-2;/h5-16,30-31H,1-4H3;5-12,25-26H,1-4H3;5-8,17-18H,1-4H3;1-8H;2*4-5,9H,1-2H3;1-6H;8*1-2H3;4*2H,1H3;/q;;;;2*-1;;;;;;;;;;;;;;. The quantitative estimate of drug-likeness (QED) is 0.0737. The zero-order chi connectivity index (χ0) is 103.